The van der Waals surface area contributed by atoms with E-state index in [0.717, 1.165) is 29.2 Å². The number of urea groups is 1. The van der Waals surface area contributed by atoms with Gasteiger partial charge >= 0.3 is 6.03 Å². The highest BCUT2D eigenvalue weighted by molar-refractivity contribution is 5.93. The van der Waals surface area contributed by atoms with Crippen LogP contribution < -0.4 is 15.5 Å². The molecule has 0 radical (unpaired) electrons. The fourth-order valence-electron chi connectivity index (χ4n) is 3.17. The van der Waals surface area contributed by atoms with Gasteiger partial charge in [-0.25, -0.2) is 4.79 Å². The van der Waals surface area contributed by atoms with E-state index in [4.69, 9.17) is 0 Å². The molecule has 5 heteroatoms. The number of nitrogens with zero attached hydrogens (tertiary/aromatic N) is 2. The second-order valence-corrected chi connectivity index (χ2v) is 7.13. The molecule has 3 aromatic rings. The molecule has 0 saturated heterocycles. The first-order chi connectivity index (χ1) is 14.1. The summed E-state index contributed by atoms with van der Waals surface area (Å²) in [6.45, 7) is 5.00. The fraction of sp³-hybridized carbons (Fsp3) is 0.250. The molecule has 0 bridgehead atoms. The number of nitrogens with one attached hydrogen (secondary N) is 2. The third kappa shape index (κ3) is 5.57. The second-order valence-electron chi connectivity index (χ2n) is 7.13. The Balaban J connectivity index is 1.77. The van der Waals surface area contributed by atoms with Crippen LogP contribution in [0.25, 0.3) is 0 Å². The van der Waals surface area contributed by atoms with Gasteiger partial charge in [-0.3, -0.25) is 4.98 Å². The molecule has 3 rings (SSSR count). The molecule has 0 aliphatic rings. The molecular formula is C24H28N4O. The van der Waals surface area contributed by atoms with E-state index in [1.54, 1.807) is 6.20 Å². The molecule has 0 aliphatic heterocycles. The molecule has 0 fully saturated rings. The van der Waals surface area contributed by atoms with Crippen LogP contribution in [0.3, 0.4) is 0 Å². The maximum atomic E-state index is 12.8. The van der Waals surface area contributed by atoms with Crippen LogP contribution in [0.5, 0.6) is 0 Å². The van der Waals surface area contributed by atoms with Crippen LogP contribution in [-0.4, -0.2) is 24.6 Å². The van der Waals surface area contributed by atoms with Gasteiger partial charge in [0.2, 0.25) is 0 Å². The van der Waals surface area contributed by atoms with Gasteiger partial charge in [-0.05, 0) is 50.1 Å². The average molecular weight is 389 g/mol. The van der Waals surface area contributed by atoms with Crippen molar-refractivity contribution in [1.82, 2.24) is 10.3 Å². The second kappa shape index (κ2) is 9.73. The van der Waals surface area contributed by atoms with Crippen LogP contribution in [0, 0.1) is 6.92 Å². The molecule has 1 unspecified atom stereocenters. The number of carbonyl (C=O) groups is 1. The third-order valence-electron chi connectivity index (χ3n) is 4.95. The zero-order valence-corrected chi connectivity index (χ0v) is 17.2. The number of hydrogen-bond donors (Lipinski definition) is 2. The number of aryl methyl sites for hydroxylation is 1. The van der Waals surface area contributed by atoms with Crippen molar-refractivity contribution in [3.8, 4) is 0 Å². The quantitative estimate of drug-likeness (QED) is 0.602. The molecule has 150 valence electrons. The number of para-hydroxylation sites is 2. The highest BCUT2D eigenvalue weighted by atomic mass is 16.2. The molecule has 0 spiro atoms. The van der Waals surface area contributed by atoms with Gasteiger partial charge in [-0.2, -0.15) is 0 Å². The van der Waals surface area contributed by atoms with Gasteiger partial charge in [0.1, 0.15) is 0 Å². The number of carbonyl (C=O) groups excluding carboxylic acids is 1. The largest absolute Gasteiger partial charge is 0.373 e. The Labute approximate surface area is 172 Å². The van der Waals surface area contributed by atoms with Crippen molar-refractivity contribution in [3.63, 3.8) is 0 Å². The van der Waals surface area contributed by atoms with Crippen LogP contribution >= 0.6 is 0 Å². The van der Waals surface area contributed by atoms with Gasteiger partial charge < -0.3 is 15.5 Å². The topological polar surface area (TPSA) is 57.3 Å². The van der Waals surface area contributed by atoms with Crippen LogP contribution in [0.2, 0.25) is 0 Å². The molecule has 1 atom stereocenters. The first kappa shape index (κ1) is 20.4. The minimum atomic E-state index is -0.246. The summed E-state index contributed by atoms with van der Waals surface area (Å²) in [4.78, 5) is 19.4. The van der Waals surface area contributed by atoms with Crippen LogP contribution in [-0.2, 0) is 6.42 Å². The van der Waals surface area contributed by atoms with E-state index in [1.807, 2.05) is 49.5 Å². The summed E-state index contributed by atoms with van der Waals surface area (Å²) >= 11 is 0. The first-order valence-corrected chi connectivity index (χ1v) is 9.91. The van der Waals surface area contributed by atoms with Gasteiger partial charge in [0.05, 0.1) is 23.1 Å². The van der Waals surface area contributed by atoms with Gasteiger partial charge in [0.25, 0.3) is 0 Å². The molecule has 5 nitrogen and oxygen atoms in total. The SMILES string of the molecule is CCN(C)c1ccccc1NC(=O)NC(Cc1ccc(C)cc1)c1ccccn1. The zero-order chi connectivity index (χ0) is 20.6. The number of amides is 2. The lowest BCUT2D eigenvalue weighted by Gasteiger charge is -2.23. The smallest absolute Gasteiger partial charge is 0.319 e. The van der Waals surface area contributed by atoms with E-state index in [2.05, 4.69) is 58.6 Å². The molecule has 1 aromatic heterocycles. The number of pyridine rings is 1. The van der Waals surface area contributed by atoms with E-state index in [1.165, 1.54) is 5.56 Å². The Morgan fingerprint density at radius 3 is 2.45 bits per heavy atom. The summed E-state index contributed by atoms with van der Waals surface area (Å²) in [7, 11) is 2.01. The predicted octanol–water partition coefficient (Wildman–Crippen LogP) is 4.95. The number of hydrogen-bond acceptors (Lipinski definition) is 3. The minimum Gasteiger partial charge on any atom is -0.373 e. The number of anilines is 2. The Kier molecular flexibility index (Phi) is 6.85. The summed E-state index contributed by atoms with van der Waals surface area (Å²) in [6.07, 6.45) is 2.42. The van der Waals surface area contributed by atoms with Gasteiger partial charge in [-0.1, -0.05) is 48.0 Å². The Morgan fingerprint density at radius 1 is 1.03 bits per heavy atom. The lowest BCUT2D eigenvalue weighted by molar-refractivity contribution is 0.248. The number of benzene rings is 2. The van der Waals surface area contributed by atoms with Crippen LogP contribution in [0.1, 0.15) is 29.8 Å². The third-order valence-corrected chi connectivity index (χ3v) is 4.95. The summed E-state index contributed by atoms with van der Waals surface area (Å²) in [5, 5.41) is 6.10. The van der Waals surface area contributed by atoms with E-state index in [9.17, 15) is 4.79 Å². The van der Waals surface area contributed by atoms with Crippen molar-refractivity contribution in [2.24, 2.45) is 0 Å². The molecular weight excluding hydrogens is 360 g/mol. The first-order valence-electron chi connectivity index (χ1n) is 9.91. The van der Waals surface area contributed by atoms with Gasteiger partial charge in [-0.15, -0.1) is 0 Å². The highest BCUT2D eigenvalue weighted by Gasteiger charge is 2.17. The Bertz CT molecular complexity index is 925. The summed E-state index contributed by atoms with van der Waals surface area (Å²) in [6, 6.07) is 21.5. The van der Waals surface area contributed by atoms with E-state index in [-0.39, 0.29) is 12.1 Å². The summed E-state index contributed by atoms with van der Waals surface area (Å²) < 4.78 is 0. The van der Waals surface area contributed by atoms with Crippen molar-refractivity contribution < 1.29 is 4.79 Å². The fourth-order valence-corrected chi connectivity index (χ4v) is 3.17. The van der Waals surface area contributed by atoms with Crippen molar-refractivity contribution in [2.45, 2.75) is 26.3 Å². The lowest BCUT2D eigenvalue weighted by Crippen LogP contribution is -2.34. The Morgan fingerprint density at radius 2 is 1.76 bits per heavy atom. The maximum absolute atomic E-state index is 12.8. The molecule has 29 heavy (non-hydrogen) atoms. The van der Waals surface area contributed by atoms with E-state index in [0.29, 0.717) is 6.42 Å². The van der Waals surface area contributed by atoms with E-state index < -0.39 is 0 Å². The molecule has 1 heterocycles. The average Bonchev–Trinajstić information content (AvgIpc) is 2.75. The number of rotatable bonds is 7. The summed E-state index contributed by atoms with van der Waals surface area (Å²) in [5.41, 5.74) is 4.97. The number of aromatic nitrogens is 1. The minimum absolute atomic E-state index is 0.227. The molecule has 2 aromatic carbocycles. The molecule has 0 saturated carbocycles. The molecule has 2 N–H and O–H groups in total. The normalized spacial score (nSPS) is 11.6. The molecule has 0 aliphatic carbocycles. The van der Waals surface area contributed by atoms with Crippen molar-refractivity contribution in [2.75, 3.05) is 23.8 Å². The van der Waals surface area contributed by atoms with Crippen LogP contribution in [0.15, 0.2) is 72.9 Å². The van der Waals surface area contributed by atoms with Gasteiger partial charge in [0, 0.05) is 19.8 Å². The maximum Gasteiger partial charge on any atom is 0.319 e. The standard InChI is InChI=1S/C24H28N4O/c1-4-28(3)23-11-6-5-10-21(23)26-24(29)27-22(20-9-7-8-16-25-20)17-19-14-12-18(2)13-15-19/h5-16,22H,4,17H2,1-3H3,(H2,26,27,29). The monoisotopic (exact) mass is 388 g/mol. The zero-order valence-electron chi connectivity index (χ0n) is 17.2. The lowest BCUT2D eigenvalue weighted by atomic mass is 10.0. The molecule has 2 amide bonds. The summed E-state index contributed by atoms with van der Waals surface area (Å²) in [5.74, 6) is 0. The van der Waals surface area contributed by atoms with Crippen molar-refractivity contribution in [1.29, 1.82) is 0 Å². The van der Waals surface area contributed by atoms with Crippen LogP contribution in [0.4, 0.5) is 16.2 Å². The predicted molar refractivity (Wildman–Crippen MR) is 119 cm³/mol. The van der Waals surface area contributed by atoms with Crippen molar-refractivity contribution >= 4 is 17.4 Å². The highest BCUT2D eigenvalue weighted by Crippen LogP contribution is 2.25. The van der Waals surface area contributed by atoms with Gasteiger partial charge in [0.15, 0.2) is 0 Å². The van der Waals surface area contributed by atoms with E-state index >= 15 is 0 Å². The van der Waals surface area contributed by atoms with Crippen molar-refractivity contribution in [3.05, 3.63) is 89.7 Å². The Hall–Kier alpha value is -3.34.